The van der Waals surface area contributed by atoms with Gasteiger partial charge in [-0.3, -0.25) is 0 Å². The van der Waals surface area contributed by atoms with E-state index in [0.29, 0.717) is 31.1 Å². The summed E-state index contributed by atoms with van der Waals surface area (Å²) in [4.78, 5) is 12.3. The van der Waals surface area contributed by atoms with E-state index in [-0.39, 0.29) is 17.1 Å². The first kappa shape index (κ1) is 23.8. The van der Waals surface area contributed by atoms with Gasteiger partial charge >= 0.3 is 5.97 Å². The van der Waals surface area contributed by atoms with Crippen LogP contribution in [0.25, 0.3) is 0 Å². The third-order valence-electron chi connectivity index (χ3n) is 5.43. The van der Waals surface area contributed by atoms with Gasteiger partial charge in [-0.15, -0.1) is 0 Å². The average Bonchev–Trinajstić information content (AvgIpc) is 3.09. The molecule has 1 N–H and O–H groups in total. The summed E-state index contributed by atoms with van der Waals surface area (Å²) >= 11 is 0. The highest BCUT2D eigenvalue weighted by Gasteiger charge is 2.27. The molecule has 0 radical (unpaired) electrons. The van der Waals surface area contributed by atoms with Gasteiger partial charge in [-0.25, -0.2) is 17.9 Å². The van der Waals surface area contributed by atoms with Gasteiger partial charge in [0.2, 0.25) is 10.0 Å². The van der Waals surface area contributed by atoms with Gasteiger partial charge in [-0.1, -0.05) is 48.5 Å². The molecule has 1 aliphatic heterocycles. The summed E-state index contributed by atoms with van der Waals surface area (Å²) in [6.45, 7) is 2.91. The molecule has 34 heavy (non-hydrogen) atoms. The summed E-state index contributed by atoms with van der Waals surface area (Å²) in [5.41, 5.74) is 1.68. The summed E-state index contributed by atoms with van der Waals surface area (Å²) in [6.07, 6.45) is 1.18. The zero-order valence-electron chi connectivity index (χ0n) is 18.9. The number of carbonyl (C=O) groups is 1. The van der Waals surface area contributed by atoms with Crippen LogP contribution in [-0.4, -0.2) is 34.2 Å². The van der Waals surface area contributed by atoms with Crippen molar-refractivity contribution in [2.75, 3.05) is 19.8 Å². The molecule has 0 bridgehead atoms. The molecule has 8 heteroatoms. The lowest BCUT2D eigenvalue weighted by molar-refractivity contribution is 0.0521. The number of rotatable bonds is 8. The lowest BCUT2D eigenvalue weighted by Gasteiger charge is -2.21. The fourth-order valence-corrected chi connectivity index (χ4v) is 5.22. The number of esters is 1. The second kappa shape index (κ2) is 10.7. The van der Waals surface area contributed by atoms with Gasteiger partial charge in [-0.2, -0.15) is 0 Å². The van der Waals surface area contributed by atoms with Gasteiger partial charge in [0.15, 0.2) is 11.5 Å². The smallest absolute Gasteiger partial charge is 0.339 e. The predicted molar refractivity (Wildman–Crippen MR) is 128 cm³/mol. The Morgan fingerprint density at radius 3 is 2.44 bits per heavy atom. The Balaban J connectivity index is 1.71. The normalized spacial score (nSPS) is 14.1. The summed E-state index contributed by atoms with van der Waals surface area (Å²) in [6, 6.07) is 20.5. The highest BCUT2D eigenvalue weighted by atomic mass is 32.2. The van der Waals surface area contributed by atoms with E-state index < -0.39 is 22.0 Å². The standard InChI is InChI=1S/C26H27NO6S/c1-2-31-26(28)21-11-6-7-12-25(21)34(29,30)27-22(17-19-9-4-3-5-10-19)20-13-14-23-24(18-20)33-16-8-15-32-23/h3-7,9-14,18,22,27H,2,8,15-17H2,1H3. The van der Waals surface area contributed by atoms with E-state index in [9.17, 15) is 13.2 Å². The molecule has 4 rings (SSSR count). The van der Waals surface area contributed by atoms with Gasteiger partial charge in [0.25, 0.3) is 0 Å². The fraction of sp³-hybridized carbons (Fsp3) is 0.269. The molecule has 3 aromatic rings. The number of benzene rings is 3. The number of fused-ring (bicyclic) bond motifs is 1. The van der Waals surface area contributed by atoms with E-state index in [1.807, 2.05) is 42.5 Å². The average molecular weight is 482 g/mol. The van der Waals surface area contributed by atoms with Crippen LogP contribution in [0.1, 0.15) is 40.9 Å². The van der Waals surface area contributed by atoms with Crippen molar-refractivity contribution in [1.29, 1.82) is 0 Å². The van der Waals surface area contributed by atoms with Crippen LogP contribution in [0.2, 0.25) is 0 Å². The molecule has 0 saturated heterocycles. The zero-order chi connectivity index (χ0) is 24.0. The highest BCUT2D eigenvalue weighted by molar-refractivity contribution is 7.89. The van der Waals surface area contributed by atoms with Crippen molar-refractivity contribution in [3.05, 3.63) is 89.5 Å². The molecule has 1 aliphatic rings. The van der Waals surface area contributed by atoms with E-state index in [0.717, 1.165) is 17.5 Å². The Hall–Kier alpha value is -3.36. The number of hydrogen-bond donors (Lipinski definition) is 1. The molecule has 7 nitrogen and oxygen atoms in total. The van der Waals surface area contributed by atoms with E-state index in [2.05, 4.69) is 4.72 Å². The van der Waals surface area contributed by atoms with Crippen molar-refractivity contribution in [2.24, 2.45) is 0 Å². The first-order valence-electron chi connectivity index (χ1n) is 11.2. The first-order chi connectivity index (χ1) is 16.5. The van der Waals surface area contributed by atoms with Crippen LogP contribution in [0, 0.1) is 0 Å². The Morgan fingerprint density at radius 1 is 0.971 bits per heavy atom. The Labute approximate surface area is 199 Å². The summed E-state index contributed by atoms with van der Waals surface area (Å²) in [7, 11) is -4.07. The van der Waals surface area contributed by atoms with Crippen LogP contribution < -0.4 is 14.2 Å². The van der Waals surface area contributed by atoms with Crippen LogP contribution in [0.5, 0.6) is 11.5 Å². The molecular formula is C26H27NO6S. The first-order valence-corrected chi connectivity index (χ1v) is 12.7. The van der Waals surface area contributed by atoms with Crippen molar-refractivity contribution in [2.45, 2.75) is 30.7 Å². The van der Waals surface area contributed by atoms with Gasteiger partial charge in [0.05, 0.1) is 36.3 Å². The maximum Gasteiger partial charge on any atom is 0.339 e. The molecule has 0 aliphatic carbocycles. The Morgan fingerprint density at radius 2 is 1.68 bits per heavy atom. The van der Waals surface area contributed by atoms with Crippen LogP contribution >= 0.6 is 0 Å². The minimum atomic E-state index is -4.07. The monoisotopic (exact) mass is 481 g/mol. The Kier molecular flexibility index (Phi) is 7.49. The van der Waals surface area contributed by atoms with E-state index in [1.54, 1.807) is 25.1 Å². The van der Waals surface area contributed by atoms with Crippen LogP contribution in [0.4, 0.5) is 0 Å². The molecule has 0 saturated carbocycles. The van der Waals surface area contributed by atoms with Crippen LogP contribution in [0.3, 0.4) is 0 Å². The minimum absolute atomic E-state index is 0.00558. The third kappa shape index (κ3) is 5.58. The third-order valence-corrected chi connectivity index (χ3v) is 6.96. The number of carbonyl (C=O) groups excluding carboxylic acids is 1. The van der Waals surface area contributed by atoms with Gasteiger partial charge < -0.3 is 14.2 Å². The molecule has 0 aromatic heterocycles. The summed E-state index contributed by atoms with van der Waals surface area (Å²) in [5.74, 6) is 0.535. The molecule has 1 unspecified atom stereocenters. The largest absolute Gasteiger partial charge is 0.490 e. The van der Waals surface area contributed by atoms with Crippen molar-refractivity contribution in [3.8, 4) is 11.5 Å². The predicted octanol–water partition coefficient (Wildman–Crippen LogP) is 4.29. The van der Waals surface area contributed by atoms with Gasteiger partial charge in [-0.05, 0) is 48.7 Å². The van der Waals surface area contributed by atoms with Crippen LogP contribution in [0.15, 0.2) is 77.7 Å². The molecule has 1 heterocycles. The number of ether oxygens (including phenoxy) is 3. The van der Waals surface area contributed by atoms with Gasteiger partial charge in [0.1, 0.15) is 0 Å². The van der Waals surface area contributed by atoms with Crippen molar-refractivity contribution in [1.82, 2.24) is 4.72 Å². The number of hydrogen-bond acceptors (Lipinski definition) is 6. The van der Waals surface area contributed by atoms with E-state index in [1.165, 1.54) is 12.1 Å². The SMILES string of the molecule is CCOC(=O)c1ccccc1S(=O)(=O)NC(Cc1ccccc1)c1ccc2c(c1)OCCCO2. The molecule has 0 fully saturated rings. The molecule has 3 aromatic carbocycles. The minimum Gasteiger partial charge on any atom is -0.490 e. The lowest BCUT2D eigenvalue weighted by Crippen LogP contribution is -2.31. The highest BCUT2D eigenvalue weighted by Crippen LogP contribution is 2.34. The lowest BCUT2D eigenvalue weighted by atomic mass is 9.99. The topological polar surface area (TPSA) is 90.9 Å². The van der Waals surface area contributed by atoms with Gasteiger partial charge in [0, 0.05) is 6.42 Å². The number of nitrogens with one attached hydrogen (secondary N) is 1. The van der Waals surface area contributed by atoms with Crippen LogP contribution in [-0.2, 0) is 21.2 Å². The summed E-state index contributed by atoms with van der Waals surface area (Å²) < 4.78 is 46.4. The maximum atomic E-state index is 13.5. The van der Waals surface area contributed by atoms with E-state index >= 15 is 0 Å². The maximum absolute atomic E-state index is 13.5. The fourth-order valence-electron chi connectivity index (χ4n) is 3.80. The quantitative estimate of drug-likeness (QED) is 0.483. The molecule has 1 atom stereocenters. The van der Waals surface area contributed by atoms with Crippen molar-refractivity contribution < 1.29 is 27.4 Å². The second-order valence-corrected chi connectivity index (χ2v) is 9.52. The number of sulfonamides is 1. The van der Waals surface area contributed by atoms with Crippen molar-refractivity contribution >= 4 is 16.0 Å². The van der Waals surface area contributed by atoms with Crippen molar-refractivity contribution in [3.63, 3.8) is 0 Å². The molecular weight excluding hydrogens is 454 g/mol. The Bertz CT molecular complexity index is 1240. The molecule has 0 spiro atoms. The van der Waals surface area contributed by atoms with E-state index in [4.69, 9.17) is 14.2 Å². The molecule has 178 valence electrons. The molecule has 0 amide bonds. The summed E-state index contributed by atoms with van der Waals surface area (Å²) in [5, 5.41) is 0. The second-order valence-electron chi connectivity index (χ2n) is 7.84. The zero-order valence-corrected chi connectivity index (χ0v) is 19.7.